The van der Waals surface area contributed by atoms with Crippen LogP contribution < -0.4 is 16.4 Å². The van der Waals surface area contributed by atoms with Gasteiger partial charge in [0, 0.05) is 17.5 Å². The van der Waals surface area contributed by atoms with Crippen LogP contribution in [0.2, 0.25) is 5.02 Å². The number of aliphatic hydroxyl groups is 1. The molecule has 5 rings (SSSR count). The van der Waals surface area contributed by atoms with Crippen molar-refractivity contribution in [3.05, 3.63) is 34.7 Å². The molecule has 1 aromatic carbocycles. The number of halogens is 2. The molecule has 0 aliphatic heterocycles. The molecule has 12 heteroatoms. The van der Waals surface area contributed by atoms with Crippen LogP contribution in [0.3, 0.4) is 0 Å². The van der Waals surface area contributed by atoms with Crippen molar-refractivity contribution in [1.82, 2.24) is 19.5 Å². The highest BCUT2D eigenvalue weighted by atomic mass is 35.5. The van der Waals surface area contributed by atoms with Gasteiger partial charge in [0.1, 0.15) is 11.3 Å². The lowest BCUT2D eigenvalue weighted by Crippen LogP contribution is -2.38. The van der Waals surface area contributed by atoms with Crippen LogP contribution in [0.4, 0.5) is 22.0 Å². The number of anilines is 3. The van der Waals surface area contributed by atoms with E-state index >= 15 is 0 Å². The number of hydrogen-bond acceptors (Lipinski definition) is 8. The predicted molar refractivity (Wildman–Crippen MR) is 141 cm³/mol. The summed E-state index contributed by atoms with van der Waals surface area (Å²) in [6.07, 6.45) is 6.98. The highest BCUT2D eigenvalue weighted by Crippen LogP contribution is 2.43. The Bertz CT molecular complexity index is 1390. The summed E-state index contributed by atoms with van der Waals surface area (Å²) in [4.78, 5) is 25.9. The first-order chi connectivity index (χ1) is 18.2. The molecule has 2 aliphatic rings. The maximum Gasteiger partial charge on any atom is 0.224 e. The molecule has 2 atom stereocenters. The molecule has 1 amide bonds. The van der Waals surface area contributed by atoms with E-state index in [-0.39, 0.29) is 40.4 Å². The van der Waals surface area contributed by atoms with E-state index in [0.29, 0.717) is 55.2 Å². The number of aromatic nitrogens is 4. The zero-order valence-electron chi connectivity index (χ0n) is 21.0. The number of nitriles is 1. The number of rotatable bonds is 6. The number of carbonyl (C=O) groups is 1. The van der Waals surface area contributed by atoms with E-state index in [9.17, 15) is 14.3 Å². The fourth-order valence-electron chi connectivity index (χ4n) is 5.49. The number of fused-ring (bicyclic) bond motifs is 1. The Labute approximate surface area is 224 Å². The summed E-state index contributed by atoms with van der Waals surface area (Å²) in [5.41, 5.74) is 6.25. The second-order valence-corrected chi connectivity index (χ2v) is 11.0. The van der Waals surface area contributed by atoms with Crippen LogP contribution in [0.15, 0.2) is 18.3 Å². The van der Waals surface area contributed by atoms with E-state index < -0.39 is 11.2 Å². The summed E-state index contributed by atoms with van der Waals surface area (Å²) >= 11 is 6.32. The molecule has 0 saturated heterocycles. The molecule has 200 valence electrons. The first-order valence-corrected chi connectivity index (χ1v) is 13.2. The standard InChI is InChI=1S/C26H30ClFN8O2/c1-26(23(30)38)7-5-16(6-8-26)36-22-20(13-31-24(35-22)32-15-3-2-4-17(37)11-15)33-25(36)34-21-18(27)9-14(12-29)10-19(21)28/h9-10,13,15-17,37H,2-8,11H2,1H3,(H2,30,38)(H,33,34)(H,31,32,35)/t15-,16-,17+,26-/m1/s1. The molecule has 2 aromatic heterocycles. The number of amides is 1. The summed E-state index contributed by atoms with van der Waals surface area (Å²) in [6.45, 7) is 1.88. The fourth-order valence-corrected chi connectivity index (χ4v) is 5.74. The van der Waals surface area contributed by atoms with Crippen molar-refractivity contribution in [1.29, 1.82) is 5.26 Å². The third kappa shape index (κ3) is 5.11. The first kappa shape index (κ1) is 26.1. The average Bonchev–Trinajstić information content (AvgIpc) is 3.23. The average molecular weight is 541 g/mol. The Morgan fingerprint density at radius 2 is 2.05 bits per heavy atom. The molecule has 0 radical (unpaired) electrons. The number of imidazole rings is 1. The molecule has 2 saturated carbocycles. The molecule has 2 heterocycles. The van der Waals surface area contributed by atoms with Crippen molar-refractivity contribution in [2.75, 3.05) is 10.6 Å². The molecule has 0 spiro atoms. The van der Waals surface area contributed by atoms with Gasteiger partial charge in [-0.1, -0.05) is 18.5 Å². The Kier molecular flexibility index (Phi) is 7.11. The van der Waals surface area contributed by atoms with Crippen molar-refractivity contribution in [3.8, 4) is 6.07 Å². The van der Waals surface area contributed by atoms with Gasteiger partial charge in [0.05, 0.1) is 34.6 Å². The molecule has 3 aromatic rings. The van der Waals surface area contributed by atoms with E-state index in [1.807, 2.05) is 17.6 Å². The Morgan fingerprint density at radius 1 is 1.29 bits per heavy atom. The van der Waals surface area contributed by atoms with Gasteiger partial charge in [0.2, 0.25) is 17.8 Å². The molecule has 2 aliphatic carbocycles. The summed E-state index contributed by atoms with van der Waals surface area (Å²) < 4.78 is 16.8. The van der Waals surface area contributed by atoms with Gasteiger partial charge in [-0.3, -0.25) is 9.36 Å². The van der Waals surface area contributed by atoms with Crippen LogP contribution in [-0.2, 0) is 4.79 Å². The van der Waals surface area contributed by atoms with Crippen molar-refractivity contribution in [2.45, 2.75) is 76.5 Å². The van der Waals surface area contributed by atoms with Gasteiger partial charge >= 0.3 is 0 Å². The summed E-state index contributed by atoms with van der Waals surface area (Å²) in [5.74, 6) is -0.246. The monoisotopic (exact) mass is 540 g/mol. The minimum atomic E-state index is -0.679. The number of nitrogens with zero attached hydrogens (tertiary/aromatic N) is 5. The lowest BCUT2D eigenvalue weighted by Gasteiger charge is -2.35. The van der Waals surface area contributed by atoms with Crippen LogP contribution in [0.25, 0.3) is 11.2 Å². The van der Waals surface area contributed by atoms with Gasteiger partial charge < -0.3 is 21.5 Å². The normalized spacial score (nSPS) is 25.6. The third-order valence-electron chi connectivity index (χ3n) is 7.84. The van der Waals surface area contributed by atoms with E-state index in [1.54, 1.807) is 6.20 Å². The SMILES string of the molecule is C[C@]1(C(N)=O)CC[C@H](n2c(Nc3c(F)cc(C#N)cc3Cl)nc3cnc(N[C@@H]4CCC[C@H](O)C4)nc32)CC1. The van der Waals surface area contributed by atoms with E-state index in [0.717, 1.165) is 25.3 Å². The molecule has 0 bridgehead atoms. The van der Waals surface area contributed by atoms with Gasteiger partial charge in [-0.25, -0.2) is 14.4 Å². The number of nitrogens with two attached hydrogens (primary N) is 1. The first-order valence-electron chi connectivity index (χ1n) is 12.8. The molecule has 0 unspecified atom stereocenters. The van der Waals surface area contributed by atoms with Gasteiger partial charge in [0.15, 0.2) is 5.65 Å². The Hall–Kier alpha value is -3.49. The lowest BCUT2D eigenvalue weighted by atomic mass is 9.73. The largest absolute Gasteiger partial charge is 0.393 e. The van der Waals surface area contributed by atoms with E-state index in [2.05, 4.69) is 20.6 Å². The van der Waals surface area contributed by atoms with Crippen LogP contribution in [0.5, 0.6) is 0 Å². The molecular formula is C26H30ClFN8O2. The molecule has 38 heavy (non-hydrogen) atoms. The maximum absolute atomic E-state index is 14.9. The van der Waals surface area contributed by atoms with Crippen molar-refractivity contribution in [2.24, 2.45) is 11.1 Å². The number of hydrogen-bond donors (Lipinski definition) is 4. The van der Waals surface area contributed by atoms with E-state index in [1.165, 1.54) is 6.07 Å². The summed E-state index contributed by atoms with van der Waals surface area (Å²) in [5, 5.41) is 25.6. The van der Waals surface area contributed by atoms with Crippen molar-refractivity contribution in [3.63, 3.8) is 0 Å². The Morgan fingerprint density at radius 3 is 2.71 bits per heavy atom. The van der Waals surface area contributed by atoms with Crippen LogP contribution in [0, 0.1) is 22.6 Å². The van der Waals surface area contributed by atoms with E-state index in [4.69, 9.17) is 27.6 Å². The minimum absolute atomic E-state index is 0.00232. The number of nitrogens with one attached hydrogen (secondary N) is 2. The topological polar surface area (TPSA) is 155 Å². The summed E-state index contributed by atoms with van der Waals surface area (Å²) in [6, 6.07) is 4.36. The van der Waals surface area contributed by atoms with Crippen LogP contribution in [-0.4, -0.2) is 42.7 Å². The fraction of sp³-hybridized carbons (Fsp3) is 0.500. The molecule has 2 fully saturated rings. The number of primary amides is 1. The van der Waals surface area contributed by atoms with Crippen LogP contribution in [0.1, 0.15) is 69.9 Å². The van der Waals surface area contributed by atoms with Crippen molar-refractivity contribution < 1.29 is 14.3 Å². The lowest BCUT2D eigenvalue weighted by molar-refractivity contribution is -0.128. The zero-order chi connectivity index (χ0) is 27.0. The highest BCUT2D eigenvalue weighted by Gasteiger charge is 2.38. The molecule has 5 N–H and O–H groups in total. The molecular weight excluding hydrogens is 511 g/mol. The smallest absolute Gasteiger partial charge is 0.224 e. The quantitative estimate of drug-likeness (QED) is 0.355. The minimum Gasteiger partial charge on any atom is -0.393 e. The summed E-state index contributed by atoms with van der Waals surface area (Å²) in [7, 11) is 0. The van der Waals surface area contributed by atoms with Gasteiger partial charge in [-0.2, -0.15) is 10.2 Å². The second kappa shape index (κ2) is 10.3. The van der Waals surface area contributed by atoms with Gasteiger partial charge in [-0.15, -0.1) is 0 Å². The highest BCUT2D eigenvalue weighted by molar-refractivity contribution is 6.33. The number of carbonyl (C=O) groups excluding carboxylic acids is 1. The van der Waals surface area contributed by atoms with Crippen LogP contribution >= 0.6 is 11.6 Å². The van der Waals surface area contributed by atoms with Crippen molar-refractivity contribution >= 4 is 46.3 Å². The third-order valence-corrected chi connectivity index (χ3v) is 8.14. The maximum atomic E-state index is 14.9. The number of aliphatic hydroxyl groups excluding tert-OH is 1. The second-order valence-electron chi connectivity index (χ2n) is 10.6. The predicted octanol–water partition coefficient (Wildman–Crippen LogP) is 4.56. The zero-order valence-corrected chi connectivity index (χ0v) is 21.8. The Balaban J connectivity index is 1.53. The van der Waals surface area contributed by atoms with Gasteiger partial charge in [-0.05, 0) is 63.5 Å². The van der Waals surface area contributed by atoms with Gasteiger partial charge in [0.25, 0.3) is 0 Å². The molecule has 10 nitrogen and oxygen atoms in total. The number of benzene rings is 1.